The Morgan fingerprint density at radius 2 is 1.92 bits per heavy atom. The number of carbonyl (C=O) groups is 1. The van der Waals surface area contributed by atoms with Crippen LogP contribution in [0.25, 0.3) is 0 Å². The van der Waals surface area contributed by atoms with Crippen LogP contribution in [0.3, 0.4) is 0 Å². The molecule has 0 saturated carbocycles. The van der Waals surface area contributed by atoms with Gasteiger partial charge in [0, 0.05) is 5.56 Å². The third kappa shape index (κ3) is 4.07. The van der Waals surface area contributed by atoms with Crippen molar-refractivity contribution in [3.8, 4) is 5.88 Å². The monoisotopic (exact) mass is 380 g/mol. The number of halogens is 5. The summed E-state index contributed by atoms with van der Waals surface area (Å²) in [6.07, 6.45) is -4.90. The molecule has 24 heavy (non-hydrogen) atoms. The Morgan fingerprint density at radius 3 is 2.46 bits per heavy atom. The number of rotatable bonds is 4. The Labute approximate surface area is 144 Å². The van der Waals surface area contributed by atoms with Crippen molar-refractivity contribution >= 4 is 29.2 Å². The molecule has 0 aliphatic rings. The molecule has 2 aromatic rings. The van der Waals surface area contributed by atoms with E-state index in [1.807, 2.05) is 0 Å². The summed E-state index contributed by atoms with van der Waals surface area (Å²) in [5.74, 6) is -3.67. The highest BCUT2D eigenvalue weighted by atomic mass is 35.5. The van der Waals surface area contributed by atoms with Crippen LogP contribution in [0.2, 0.25) is 10.0 Å². The Morgan fingerprint density at radius 1 is 1.25 bits per heavy atom. The molecule has 0 atom stereocenters. The van der Waals surface area contributed by atoms with Crippen molar-refractivity contribution in [3.63, 3.8) is 0 Å². The maximum atomic E-state index is 12.8. The Hall–Kier alpha value is -2.06. The summed E-state index contributed by atoms with van der Waals surface area (Å²) in [5.41, 5.74) is -0.370. The van der Waals surface area contributed by atoms with Crippen molar-refractivity contribution in [1.82, 2.24) is 9.97 Å². The average molecular weight is 381 g/mol. The second kappa shape index (κ2) is 6.82. The van der Waals surface area contributed by atoms with E-state index in [4.69, 9.17) is 33.0 Å². The fourth-order valence-corrected chi connectivity index (χ4v) is 2.07. The molecule has 0 aliphatic heterocycles. The van der Waals surface area contributed by atoms with Crippen LogP contribution in [0.1, 0.15) is 27.4 Å². The summed E-state index contributed by atoms with van der Waals surface area (Å²) in [4.78, 5) is 17.4. The third-order valence-corrected chi connectivity index (χ3v) is 3.66. The van der Waals surface area contributed by atoms with Gasteiger partial charge in [0.05, 0.1) is 10.0 Å². The van der Waals surface area contributed by atoms with E-state index in [-0.39, 0.29) is 17.2 Å². The highest BCUT2D eigenvalue weighted by Gasteiger charge is 2.37. The standard InChI is InChI=1S/C14H9Cl2F3N2O3/c1-6-10(12(22)23)20-13(14(17,18)19)21-11(6)24-5-7-2-3-8(15)9(16)4-7/h2-4H,5H2,1H3,(H,22,23). The van der Waals surface area contributed by atoms with Crippen LogP contribution in [0.5, 0.6) is 5.88 Å². The lowest BCUT2D eigenvalue weighted by Gasteiger charge is -2.13. The van der Waals surface area contributed by atoms with Crippen LogP contribution in [0.15, 0.2) is 18.2 Å². The Bertz CT molecular complexity index is 798. The van der Waals surface area contributed by atoms with Gasteiger partial charge in [0.25, 0.3) is 0 Å². The lowest BCUT2D eigenvalue weighted by atomic mass is 10.2. The summed E-state index contributed by atoms with van der Waals surface area (Å²) in [7, 11) is 0. The van der Waals surface area contributed by atoms with Gasteiger partial charge < -0.3 is 9.84 Å². The first-order valence-corrected chi connectivity index (χ1v) is 7.11. The van der Waals surface area contributed by atoms with Gasteiger partial charge in [-0.25, -0.2) is 9.78 Å². The molecular formula is C14H9Cl2F3N2O3. The number of nitrogens with zero attached hydrogens (tertiary/aromatic N) is 2. The second-order valence-corrected chi connectivity index (χ2v) is 5.48. The molecule has 0 unspecified atom stereocenters. The van der Waals surface area contributed by atoms with Crippen LogP contribution in [0.4, 0.5) is 13.2 Å². The van der Waals surface area contributed by atoms with Crippen LogP contribution in [-0.4, -0.2) is 21.0 Å². The highest BCUT2D eigenvalue weighted by Crippen LogP contribution is 2.30. The predicted molar refractivity (Wildman–Crippen MR) is 79.5 cm³/mol. The van der Waals surface area contributed by atoms with Gasteiger partial charge in [-0.05, 0) is 24.6 Å². The van der Waals surface area contributed by atoms with Crippen molar-refractivity contribution in [2.24, 2.45) is 0 Å². The molecule has 1 heterocycles. The number of hydrogen-bond acceptors (Lipinski definition) is 4. The minimum atomic E-state index is -4.90. The number of benzene rings is 1. The third-order valence-electron chi connectivity index (χ3n) is 2.92. The van der Waals surface area contributed by atoms with Gasteiger partial charge in [-0.2, -0.15) is 18.2 Å². The van der Waals surface area contributed by atoms with Gasteiger partial charge in [0.15, 0.2) is 5.69 Å². The number of hydrogen-bond donors (Lipinski definition) is 1. The van der Waals surface area contributed by atoms with Gasteiger partial charge in [-0.3, -0.25) is 0 Å². The zero-order valence-electron chi connectivity index (χ0n) is 12.0. The molecule has 0 aliphatic carbocycles. The molecule has 5 nitrogen and oxygen atoms in total. The second-order valence-electron chi connectivity index (χ2n) is 4.67. The predicted octanol–water partition coefficient (Wildman–Crippen LogP) is 4.39. The fraction of sp³-hybridized carbons (Fsp3) is 0.214. The molecule has 0 spiro atoms. The first kappa shape index (κ1) is 18.3. The van der Waals surface area contributed by atoms with E-state index in [1.165, 1.54) is 19.1 Å². The normalized spacial score (nSPS) is 11.4. The number of aromatic carboxylic acids is 1. The van der Waals surface area contributed by atoms with Crippen LogP contribution >= 0.6 is 23.2 Å². The quantitative estimate of drug-likeness (QED) is 0.851. The first-order chi connectivity index (χ1) is 11.1. The Balaban J connectivity index is 2.36. The van der Waals surface area contributed by atoms with Crippen molar-refractivity contribution in [3.05, 3.63) is 50.9 Å². The number of ether oxygens (including phenoxy) is 1. The van der Waals surface area contributed by atoms with E-state index in [2.05, 4.69) is 9.97 Å². The Kier molecular flexibility index (Phi) is 5.19. The molecule has 2 rings (SSSR count). The average Bonchev–Trinajstić information content (AvgIpc) is 2.48. The van der Waals surface area contributed by atoms with Gasteiger partial charge in [-0.1, -0.05) is 29.3 Å². The van der Waals surface area contributed by atoms with Crippen LogP contribution < -0.4 is 4.74 Å². The molecule has 10 heteroatoms. The molecule has 0 radical (unpaired) electrons. The van der Waals surface area contributed by atoms with Crippen molar-refractivity contribution in [2.75, 3.05) is 0 Å². The fourth-order valence-electron chi connectivity index (χ4n) is 1.75. The van der Waals surface area contributed by atoms with Gasteiger partial charge >= 0.3 is 12.1 Å². The number of alkyl halides is 3. The van der Waals surface area contributed by atoms with Gasteiger partial charge in [0.2, 0.25) is 11.7 Å². The lowest BCUT2D eigenvalue weighted by Crippen LogP contribution is -2.17. The first-order valence-electron chi connectivity index (χ1n) is 6.35. The smallest absolute Gasteiger partial charge is 0.451 e. The van der Waals surface area contributed by atoms with Crippen molar-refractivity contribution in [1.29, 1.82) is 0 Å². The molecule has 0 saturated heterocycles. The van der Waals surface area contributed by atoms with Crippen LogP contribution in [0, 0.1) is 6.92 Å². The molecule has 0 bridgehead atoms. The van der Waals surface area contributed by atoms with Crippen molar-refractivity contribution < 1.29 is 27.8 Å². The summed E-state index contributed by atoms with van der Waals surface area (Å²) < 4.78 is 43.6. The molecule has 1 aromatic heterocycles. The maximum Gasteiger partial charge on any atom is 0.451 e. The minimum absolute atomic E-state index is 0.115. The summed E-state index contributed by atoms with van der Waals surface area (Å²) in [6, 6.07) is 4.54. The van der Waals surface area contributed by atoms with E-state index < -0.39 is 29.5 Å². The number of aromatic nitrogens is 2. The molecule has 1 N–H and O–H groups in total. The topological polar surface area (TPSA) is 72.3 Å². The van der Waals surface area contributed by atoms with Gasteiger partial charge in [0.1, 0.15) is 6.61 Å². The van der Waals surface area contributed by atoms with E-state index in [1.54, 1.807) is 6.07 Å². The molecular weight excluding hydrogens is 372 g/mol. The lowest BCUT2D eigenvalue weighted by molar-refractivity contribution is -0.145. The minimum Gasteiger partial charge on any atom is -0.476 e. The van der Waals surface area contributed by atoms with Crippen LogP contribution in [-0.2, 0) is 12.8 Å². The SMILES string of the molecule is Cc1c(OCc2ccc(Cl)c(Cl)c2)nc(C(F)(F)F)nc1C(=O)O. The molecule has 0 fully saturated rings. The van der Waals surface area contributed by atoms with Crippen molar-refractivity contribution in [2.45, 2.75) is 19.7 Å². The summed E-state index contributed by atoms with van der Waals surface area (Å²) in [6.45, 7) is 1.08. The molecule has 0 amide bonds. The number of carboxylic acids is 1. The van der Waals surface area contributed by atoms with E-state index in [9.17, 15) is 18.0 Å². The van der Waals surface area contributed by atoms with E-state index >= 15 is 0 Å². The van der Waals surface area contributed by atoms with E-state index in [0.29, 0.717) is 10.6 Å². The van der Waals surface area contributed by atoms with E-state index in [0.717, 1.165) is 0 Å². The zero-order chi connectivity index (χ0) is 18.1. The maximum absolute atomic E-state index is 12.8. The largest absolute Gasteiger partial charge is 0.476 e. The number of carboxylic acid groups (broad SMARTS) is 1. The zero-order valence-corrected chi connectivity index (χ0v) is 13.5. The molecule has 1 aromatic carbocycles. The summed E-state index contributed by atoms with van der Waals surface area (Å²) >= 11 is 11.6. The summed E-state index contributed by atoms with van der Waals surface area (Å²) in [5, 5.41) is 9.55. The molecule has 128 valence electrons. The van der Waals surface area contributed by atoms with Gasteiger partial charge in [-0.15, -0.1) is 0 Å². The highest BCUT2D eigenvalue weighted by molar-refractivity contribution is 6.42.